The number of amides is 2. The van der Waals surface area contributed by atoms with E-state index in [1.807, 2.05) is 19.1 Å². The predicted octanol–water partition coefficient (Wildman–Crippen LogP) is 5.17. The van der Waals surface area contributed by atoms with Crippen molar-refractivity contribution >= 4 is 52.8 Å². The zero-order chi connectivity index (χ0) is 38.2. The molecule has 0 radical (unpaired) electrons. The van der Waals surface area contributed by atoms with Crippen molar-refractivity contribution in [3.05, 3.63) is 64.7 Å². The fourth-order valence-corrected chi connectivity index (χ4v) is 5.61. The number of alkyl halides is 3. The maximum absolute atomic E-state index is 12.9. The molecule has 1 atom stereocenters. The molecular formula is C35H39ClF3N7O7. The summed E-state index contributed by atoms with van der Waals surface area (Å²) >= 11 is 6.02. The number of carbonyl (C=O) groups is 4. The van der Waals surface area contributed by atoms with E-state index in [2.05, 4.69) is 36.2 Å². The molecule has 1 heterocycles. The van der Waals surface area contributed by atoms with E-state index in [-0.39, 0.29) is 42.3 Å². The number of rotatable bonds is 20. The first-order valence-corrected chi connectivity index (χ1v) is 17.4. The number of hydrogen-bond acceptors (Lipinski definition) is 11. The summed E-state index contributed by atoms with van der Waals surface area (Å²) in [5.74, 6) is -3.65. The molecule has 0 unspecified atom stereocenters. The molecule has 0 spiro atoms. The summed E-state index contributed by atoms with van der Waals surface area (Å²) < 4.78 is 49.1. The lowest BCUT2D eigenvalue weighted by Crippen LogP contribution is -2.43. The second-order valence-corrected chi connectivity index (χ2v) is 13.5. The number of benzene rings is 2. The molecule has 3 aromatic rings. The van der Waals surface area contributed by atoms with Gasteiger partial charge in [0, 0.05) is 35.8 Å². The fourth-order valence-electron chi connectivity index (χ4n) is 5.49. The summed E-state index contributed by atoms with van der Waals surface area (Å²) in [6.07, 6.45) is -0.919. The zero-order valence-electron chi connectivity index (χ0n) is 28.7. The van der Waals surface area contributed by atoms with Crippen LogP contribution in [0.4, 0.5) is 30.8 Å². The predicted molar refractivity (Wildman–Crippen MR) is 186 cm³/mol. The number of hydrogen-bond donors (Lipinski definition) is 5. The molecule has 2 aromatic carbocycles. The van der Waals surface area contributed by atoms with Crippen molar-refractivity contribution in [1.29, 1.82) is 0 Å². The number of aliphatic carboxylic acids is 1. The number of halogens is 4. The van der Waals surface area contributed by atoms with Crippen LogP contribution in [0, 0.1) is 5.41 Å². The third-order valence-electron chi connectivity index (χ3n) is 8.91. The molecule has 2 aliphatic rings. The molecule has 5 N–H and O–H groups in total. The third kappa shape index (κ3) is 11.5. The molecule has 0 aliphatic heterocycles. The summed E-state index contributed by atoms with van der Waals surface area (Å²) in [7, 11) is 0. The van der Waals surface area contributed by atoms with Crippen molar-refractivity contribution in [1.82, 2.24) is 25.6 Å². The number of nitrogens with one attached hydrogen (secondary N) is 4. The lowest BCUT2D eigenvalue weighted by atomic mass is 9.99. The van der Waals surface area contributed by atoms with Crippen molar-refractivity contribution in [3.63, 3.8) is 0 Å². The van der Waals surface area contributed by atoms with E-state index < -0.39 is 53.9 Å². The Hall–Kier alpha value is -5.03. The lowest BCUT2D eigenvalue weighted by Gasteiger charge is -2.19. The van der Waals surface area contributed by atoms with Crippen LogP contribution in [0.5, 0.6) is 6.01 Å². The standard InChI is InChI=1S/C35H39ClF3N7O7/c1-2-52-19-33(14-15-33)13-11-26(47)28(49)40-18-12-25(29(50)51)42-27(48)21-3-9-24(10-4-21)41-30-43-31(45-32(44-30)53-20-35(37,38)39)46-34(16-17-34)22-5-7-23(36)8-6-22/h3-10,25H,2,11-20H2,1H3,(H,40,49)(H,42,48)(H,50,51)(H2,41,43,44,45,46)/t25-/m0/s1. The van der Waals surface area contributed by atoms with Crippen molar-refractivity contribution < 1.29 is 46.9 Å². The molecular weight excluding hydrogens is 723 g/mol. The number of nitrogens with zero attached hydrogens (tertiary/aromatic N) is 3. The minimum Gasteiger partial charge on any atom is -0.480 e. The molecule has 14 nitrogen and oxygen atoms in total. The van der Waals surface area contributed by atoms with E-state index in [0.717, 1.165) is 18.4 Å². The maximum Gasteiger partial charge on any atom is 0.422 e. The van der Waals surface area contributed by atoms with E-state index in [1.54, 1.807) is 12.1 Å². The van der Waals surface area contributed by atoms with E-state index in [4.69, 9.17) is 21.1 Å². The van der Waals surface area contributed by atoms with Crippen LogP contribution in [0.3, 0.4) is 0 Å². The molecule has 2 aliphatic carbocycles. The van der Waals surface area contributed by atoms with Gasteiger partial charge in [0.05, 0.1) is 12.1 Å². The zero-order valence-corrected chi connectivity index (χ0v) is 29.5. The Kier molecular flexibility index (Phi) is 12.4. The van der Waals surface area contributed by atoms with Crippen LogP contribution in [0.15, 0.2) is 48.5 Å². The molecule has 0 bridgehead atoms. The monoisotopic (exact) mass is 761 g/mol. The number of ether oxygens (including phenoxy) is 2. The highest BCUT2D eigenvalue weighted by Crippen LogP contribution is 2.50. The number of anilines is 3. The number of ketones is 1. The van der Waals surface area contributed by atoms with Gasteiger partial charge in [0.15, 0.2) is 6.61 Å². The van der Waals surface area contributed by atoms with Crippen LogP contribution < -0.4 is 26.0 Å². The van der Waals surface area contributed by atoms with Crippen LogP contribution >= 0.6 is 11.6 Å². The van der Waals surface area contributed by atoms with E-state index in [9.17, 15) is 37.5 Å². The van der Waals surface area contributed by atoms with Crippen molar-refractivity contribution in [2.24, 2.45) is 5.41 Å². The van der Waals surface area contributed by atoms with Crippen LogP contribution in [0.1, 0.15) is 67.8 Å². The molecule has 284 valence electrons. The number of aromatic nitrogens is 3. The molecule has 1 aromatic heterocycles. The Balaban J connectivity index is 1.16. The second kappa shape index (κ2) is 16.8. The first-order chi connectivity index (χ1) is 25.2. The first-order valence-electron chi connectivity index (χ1n) is 17.0. The van der Waals surface area contributed by atoms with Gasteiger partial charge in [-0.05, 0) is 92.8 Å². The van der Waals surface area contributed by atoms with Crippen molar-refractivity contribution in [2.45, 2.75) is 69.6 Å². The minimum atomic E-state index is -4.64. The number of carboxylic acids is 1. The topological polar surface area (TPSA) is 194 Å². The highest BCUT2D eigenvalue weighted by molar-refractivity contribution is 6.36. The second-order valence-electron chi connectivity index (χ2n) is 13.1. The summed E-state index contributed by atoms with van der Waals surface area (Å²) in [6, 6.07) is 10.9. The molecule has 5 rings (SSSR count). The summed E-state index contributed by atoms with van der Waals surface area (Å²) in [4.78, 5) is 61.7. The molecule has 18 heteroatoms. The molecule has 2 amide bonds. The van der Waals surface area contributed by atoms with Gasteiger partial charge >= 0.3 is 18.2 Å². The number of Topliss-reactive ketones (excluding diaryl/α,β-unsaturated/α-hetero) is 1. The van der Waals surface area contributed by atoms with Crippen LogP contribution in [0.2, 0.25) is 5.02 Å². The normalized spacial score (nSPS) is 15.8. The number of carbonyl (C=O) groups excluding carboxylic acids is 3. The average Bonchev–Trinajstić information content (AvgIpc) is 4.06. The average molecular weight is 762 g/mol. The minimum absolute atomic E-state index is 0.0347. The smallest absolute Gasteiger partial charge is 0.422 e. The Labute approximate surface area is 307 Å². The quantitative estimate of drug-likeness (QED) is 0.0951. The van der Waals surface area contributed by atoms with Gasteiger partial charge in [0.25, 0.3) is 11.8 Å². The van der Waals surface area contributed by atoms with Gasteiger partial charge in [-0.1, -0.05) is 23.7 Å². The van der Waals surface area contributed by atoms with Gasteiger partial charge in [0.1, 0.15) is 6.04 Å². The van der Waals surface area contributed by atoms with Gasteiger partial charge in [-0.15, -0.1) is 0 Å². The van der Waals surface area contributed by atoms with E-state index >= 15 is 0 Å². The first kappa shape index (κ1) is 39.2. The highest BCUT2D eigenvalue weighted by atomic mass is 35.5. The molecule has 53 heavy (non-hydrogen) atoms. The molecule has 0 saturated heterocycles. The Morgan fingerprint density at radius 3 is 2.25 bits per heavy atom. The Morgan fingerprint density at radius 1 is 0.962 bits per heavy atom. The Bertz CT molecular complexity index is 1790. The van der Waals surface area contributed by atoms with E-state index in [0.29, 0.717) is 43.2 Å². The van der Waals surface area contributed by atoms with Crippen LogP contribution in [0.25, 0.3) is 0 Å². The van der Waals surface area contributed by atoms with E-state index in [1.165, 1.54) is 24.3 Å². The van der Waals surface area contributed by atoms with Gasteiger partial charge in [-0.25, -0.2) is 4.79 Å². The van der Waals surface area contributed by atoms with Gasteiger partial charge < -0.3 is 35.8 Å². The largest absolute Gasteiger partial charge is 0.480 e. The van der Waals surface area contributed by atoms with Gasteiger partial charge in [-0.2, -0.15) is 28.1 Å². The van der Waals surface area contributed by atoms with Crippen molar-refractivity contribution in [2.75, 3.05) is 37.0 Å². The fraction of sp³-hybridized carbons (Fsp3) is 0.457. The number of carboxylic acid groups (broad SMARTS) is 1. The van der Waals surface area contributed by atoms with Crippen LogP contribution in [-0.2, 0) is 24.7 Å². The SMILES string of the molecule is CCOCC1(CCC(=O)C(=O)NCC[C@H](NC(=O)c2ccc(Nc3nc(NC4(c5ccc(Cl)cc5)CC4)nc(OCC(F)(F)F)n3)cc2)C(=O)O)CC1. The third-order valence-corrected chi connectivity index (χ3v) is 9.16. The summed E-state index contributed by atoms with van der Waals surface area (Å²) in [5, 5.41) is 21.1. The molecule has 2 saturated carbocycles. The highest BCUT2D eigenvalue weighted by Gasteiger charge is 2.45. The van der Waals surface area contributed by atoms with Crippen LogP contribution in [-0.4, -0.2) is 82.2 Å². The van der Waals surface area contributed by atoms with Gasteiger partial charge in [0.2, 0.25) is 17.7 Å². The Morgan fingerprint density at radius 2 is 1.64 bits per heavy atom. The summed E-state index contributed by atoms with van der Waals surface area (Å²) in [5.41, 5.74) is 0.711. The maximum atomic E-state index is 12.9. The summed E-state index contributed by atoms with van der Waals surface area (Å²) in [6.45, 7) is 1.23. The van der Waals surface area contributed by atoms with Crippen molar-refractivity contribution in [3.8, 4) is 6.01 Å². The molecule has 2 fully saturated rings. The lowest BCUT2D eigenvalue weighted by molar-refractivity contribution is -0.154. The van der Waals surface area contributed by atoms with Gasteiger partial charge in [-0.3, -0.25) is 14.4 Å².